The van der Waals surface area contributed by atoms with Crippen LogP contribution in [0.25, 0.3) is 0 Å². The van der Waals surface area contributed by atoms with Crippen molar-refractivity contribution in [1.82, 2.24) is 10.6 Å². The fraction of sp³-hybridized carbons (Fsp3) is 0.538. The van der Waals surface area contributed by atoms with Gasteiger partial charge < -0.3 is 15.7 Å². The monoisotopic (exact) mass is 254 g/mol. The molecule has 0 aromatic heterocycles. The van der Waals surface area contributed by atoms with Gasteiger partial charge in [0.15, 0.2) is 11.6 Å². The molecule has 102 valence electrons. The van der Waals surface area contributed by atoms with Crippen LogP contribution in [-0.2, 0) is 9.59 Å². The van der Waals surface area contributed by atoms with E-state index in [-0.39, 0.29) is 11.6 Å². The van der Waals surface area contributed by atoms with Crippen molar-refractivity contribution in [3.63, 3.8) is 0 Å². The molecule has 3 N–H and O–H groups in total. The molecule has 0 heterocycles. The van der Waals surface area contributed by atoms with Crippen molar-refractivity contribution in [3.05, 3.63) is 23.5 Å². The predicted octanol–water partition coefficient (Wildman–Crippen LogP) is 0.512. The van der Waals surface area contributed by atoms with Gasteiger partial charge in [0.1, 0.15) is 0 Å². The number of nitrogens with one attached hydrogen (secondary N) is 2. The van der Waals surface area contributed by atoms with Crippen LogP contribution >= 0.6 is 0 Å². The summed E-state index contributed by atoms with van der Waals surface area (Å²) < 4.78 is 0. The summed E-state index contributed by atoms with van der Waals surface area (Å²) in [5, 5.41) is 15.6. The number of rotatable bonds is 8. The highest BCUT2D eigenvalue weighted by molar-refractivity contribution is 5.88. The fourth-order valence-electron chi connectivity index (χ4n) is 1.34. The van der Waals surface area contributed by atoms with E-state index >= 15 is 0 Å². The van der Waals surface area contributed by atoms with Gasteiger partial charge in [0.2, 0.25) is 0 Å². The normalized spacial score (nSPS) is 14.1. The molecule has 0 fully saturated rings. The molecule has 0 saturated heterocycles. The first-order valence-corrected chi connectivity index (χ1v) is 5.84. The van der Waals surface area contributed by atoms with E-state index < -0.39 is 6.10 Å². The van der Waals surface area contributed by atoms with Crippen LogP contribution in [0.4, 0.5) is 0 Å². The van der Waals surface area contributed by atoms with Gasteiger partial charge in [-0.25, -0.2) is 0 Å². The number of hydrogen-bond donors (Lipinski definition) is 3. The van der Waals surface area contributed by atoms with Gasteiger partial charge in [-0.2, -0.15) is 0 Å². The second kappa shape index (κ2) is 8.47. The molecule has 0 aromatic rings. The minimum Gasteiger partial charge on any atom is -0.389 e. The molecule has 0 spiro atoms. The van der Waals surface area contributed by atoms with Gasteiger partial charge in [0.25, 0.3) is 0 Å². The van der Waals surface area contributed by atoms with Gasteiger partial charge in [-0.3, -0.25) is 9.59 Å². The molecule has 0 rings (SSSR count). The number of carbonyl (C=O) groups is 2. The van der Waals surface area contributed by atoms with E-state index in [2.05, 4.69) is 10.6 Å². The van der Waals surface area contributed by atoms with Gasteiger partial charge in [0, 0.05) is 24.5 Å². The maximum Gasteiger partial charge on any atom is 0.154 e. The predicted molar refractivity (Wildman–Crippen MR) is 70.9 cm³/mol. The molecule has 0 amide bonds. The van der Waals surface area contributed by atoms with E-state index in [9.17, 15) is 14.7 Å². The lowest BCUT2D eigenvalue weighted by Crippen LogP contribution is -2.34. The van der Waals surface area contributed by atoms with Crippen molar-refractivity contribution < 1.29 is 14.7 Å². The molecule has 18 heavy (non-hydrogen) atoms. The molecule has 0 radical (unpaired) electrons. The van der Waals surface area contributed by atoms with Crippen molar-refractivity contribution in [2.45, 2.75) is 33.8 Å². The summed E-state index contributed by atoms with van der Waals surface area (Å²) >= 11 is 0. The topological polar surface area (TPSA) is 78.4 Å². The van der Waals surface area contributed by atoms with Gasteiger partial charge >= 0.3 is 0 Å². The SMILES string of the molecule is CC(=O)C=C(C)NCC(O)CNC(C)=CC(C)=O. The average molecular weight is 254 g/mol. The number of hydrogen-bond acceptors (Lipinski definition) is 5. The van der Waals surface area contributed by atoms with Crippen LogP contribution in [0.2, 0.25) is 0 Å². The summed E-state index contributed by atoms with van der Waals surface area (Å²) in [7, 11) is 0. The van der Waals surface area contributed by atoms with Crippen LogP contribution in [0.1, 0.15) is 27.7 Å². The van der Waals surface area contributed by atoms with Crippen LogP contribution in [-0.4, -0.2) is 35.9 Å². The Labute approximate surface area is 108 Å². The highest BCUT2D eigenvalue weighted by Gasteiger charge is 2.03. The summed E-state index contributed by atoms with van der Waals surface area (Å²) in [5.41, 5.74) is 1.44. The standard InChI is InChI=1S/C13H22N2O3/c1-9(5-11(3)16)14-7-13(18)8-15-10(2)6-12(4)17/h5-6,13-15,18H,7-8H2,1-4H3. The van der Waals surface area contributed by atoms with Crippen molar-refractivity contribution in [2.75, 3.05) is 13.1 Å². The smallest absolute Gasteiger partial charge is 0.154 e. The number of carbonyl (C=O) groups excluding carboxylic acids is 2. The zero-order valence-electron chi connectivity index (χ0n) is 11.4. The Balaban J connectivity index is 3.95. The maximum atomic E-state index is 10.8. The van der Waals surface area contributed by atoms with Crippen molar-refractivity contribution in [1.29, 1.82) is 0 Å². The zero-order chi connectivity index (χ0) is 14.1. The Hall–Kier alpha value is -1.62. The Morgan fingerprint density at radius 1 is 0.944 bits per heavy atom. The van der Waals surface area contributed by atoms with Gasteiger partial charge in [0.05, 0.1) is 6.10 Å². The molecular formula is C13H22N2O3. The van der Waals surface area contributed by atoms with E-state index in [1.54, 1.807) is 13.8 Å². The summed E-state index contributed by atoms with van der Waals surface area (Å²) in [5.74, 6) is -0.0688. The first kappa shape index (κ1) is 16.4. The fourth-order valence-corrected chi connectivity index (χ4v) is 1.34. The summed E-state index contributed by atoms with van der Waals surface area (Å²) in [6.45, 7) is 7.16. The molecule has 0 aliphatic carbocycles. The molecule has 5 heteroatoms. The van der Waals surface area contributed by atoms with Crippen molar-refractivity contribution >= 4 is 11.6 Å². The van der Waals surface area contributed by atoms with Crippen LogP contribution in [0.15, 0.2) is 23.5 Å². The van der Waals surface area contributed by atoms with E-state index in [1.165, 1.54) is 26.0 Å². The van der Waals surface area contributed by atoms with Crippen LogP contribution < -0.4 is 10.6 Å². The second-order valence-electron chi connectivity index (χ2n) is 4.29. The van der Waals surface area contributed by atoms with E-state index in [0.29, 0.717) is 13.1 Å². The molecule has 0 aliphatic heterocycles. The minimum absolute atomic E-state index is 0.0344. The maximum absolute atomic E-state index is 10.8. The van der Waals surface area contributed by atoms with Gasteiger partial charge in [-0.15, -0.1) is 0 Å². The second-order valence-corrected chi connectivity index (χ2v) is 4.29. The highest BCUT2D eigenvalue weighted by Crippen LogP contribution is 1.91. The molecule has 0 atom stereocenters. The zero-order valence-corrected chi connectivity index (χ0v) is 11.4. The van der Waals surface area contributed by atoms with Crippen LogP contribution in [0, 0.1) is 0 Å². The summed E-state index contributed by atoms with van der Waals surface area (Å²) in [4.78, 5) is 21.6. The number of allylic oxidation sites excluding steroid dienone is 4. The number of ketones is 2. The molecule has 0 unspecified atom stereocenters. The number of aliphatic hydroxyl groups is 1. The molecule has 0 bridgehead atoms. The molecule has 0 saturated carbocycles. The third kappa shape index (κ3) is 9.59. The lowest BCUT2D eigenvalue weighted by atomic mass is 10.3. The van der Waals surface area contributed by atoms with Crippen molar-refractivity contribution in [2.24, 2.45) is 0 Å². The Morgan fingerprint density at radius 2 is 1.28 bits per heavy atom. The van der Waals surface area contributed by atoms with E-state index in [0.717, 1.165) is 11.4 Å². The Kier molecular flexibility index (Phi) is 7.71. The molecule has 0 aliphatic rings. The Morgan fingerprint density at radius 3 is 1.56 bits per heavy atom. The largest absolute Gasteiger partial charge is 0.389 e. The average Bonchev–Trinajstić information content (AvgIpc) is 2.21. The lowest BCUT2D eigenvalue weighted by molar-refractivity contribution is -0.113. The lowest BCUT2D eigenvalue weighted by Gasteiger charge is -2.14. The molecule has 5 nitrogen and oxygen atoms in total. The van der Waals surface area contributed by atoms with Gasteiger partial charge in [-0.05, 0) is 39.8 Å². The third-order valence-corrected chi connectivity index (χ3v) is 2.07. The van der Waals surface area contributed by atoms with Crippen LogP contribution in [0.5, 0.6) is 0 Å². The molecule has 0 aromatic carbocycles. The van der Waals surface area contributed by atoms with Crippen LogP contribution in [0.3, 0.4) is 0 Å². The third-order valence-electron chi connectivity index (χ3n) is 2.07. The Bertz CT molecular complexity index is 325. The summed E-state index contributed by atoms with van der Waals surface area (Å²) in [6.07, 6.45) is 2.35. The number of aliphatic hydroxyl groups excluding tert-OH is 1. The summed E-state index contributed by atoms with van der Waals surface area (Å²) in [6, 6.07) is 0. The first-order valence-electron chi connectivity index (χ1n) is 5.84. The first-order chi connectivity index (χ1) is 8.31. The van der Waals surface area contributed by atoms with E-state index in [1.807, 2.05) is 0 Å². The minimum atomic E-state index is -0.601. The highest BCUT2D eigenvalue weighted by atomic mass is 16.3. The van der Waals surface area contributed by atoms with Crippen molar-refractivity contribution in [3.8, 4) is 0 Å². The van der Waals surface area contributed by atoms with E-state index in [4.69, 9.17) is 0 Å². The quantitative estimate of drug-likeness (QED) is 0.550. The van der Waals surface area contributed by atoms with Gasteiger partial charge in [-0.1, -0.05) is 0 Å². The molecular weight excluding hydrogens is 232 g/mol.